The molecule has 0 bridgehead atoms. The molecule has 0 heterocycles. The summed E-state index contributed by atoms with van der Waals surface area (Å²) in [5.41, 5.74) is 2.36. The zero-order valence-corrected chi connectivity index (χ0v) is 15.3. The number of carbonyl (C=O) groups excluding carboxylic acids is 2. The summed E-state index contributed by atoms with van der Waals surface area (Å²) in [6, 6.07) is 14.1. The third-order valence-corrected chi connectivity index (χ3v) is 4.20. The molecule has 0 aromatic heterocycles. The van der Waals surface area contributed by atoms with Crippen LogP contribution in [0.5, 0.6) is 0 Å². The van der Waals surface area contributed by atoms with Crippen molar-refractivity contribution in [2.24, 2.45) is 0 Å². The molecule has 1 unspecified atom stereocenters. The van der Waals surface area contributed by atoms with E-state index in [0.717, 1.165) is 11.3 Å². The van der Waals surface area contributed by atoms with E-state index in [1.54, 1.807) is 43.1 Å². The number of benzene rings is 2. The molecule has 2 N–H and O–H groups in total. The van der Waals surface area contributed by atoms with Gasteiger partial charge in [-0.05, 0) is 50.7 Å². The molecule has 2 aromatic carbocycles. The number of nitrogens with one attached hydrogen (secondary N) is 2. The Morgan fingerprint density at radius 2 is 1.84 bits per heavy atom. The summed E-state index contributed by atoms with van der Waals surface area (Å²) in [5, 5.41) is 6.09. The number of hydrogen-bond donors (Lipinski definition) is 2. The van der Waals surface area contributed by atoms with Gasteiger partial charge >= 0.3 is 0 Å². The normalized spacial score (nSPS) is 11.9. The molecule has 2 amide bonds. The van der Waals surface area contributed by atoms with Crippen molar-refractivity contribution in [3.63, 3.8) is 0 Å². The SMILES string of the molecule is Cc1cccc(NC(=O)C(C)N(C)CC(=O)Nc2ccccc2Cl)c1. The molecule has 2 rings (SSSR count). The number of likely N-dealkylation sites (N-methyl/N-ethyl adjacent to an activating group) is 1. The first-order valence-corrected chi connectivity index (χ1v) is 8.37. The molecule has 0 spiro atoms. The number of rotatable bonds is 6. The molecule has 25 heavy (non-hydrogen) atoms. The van der Waals surface area contributed by atoms with E-state index in [0.29, 0.717) is 10.7 Å². The zero-order valence-electron chi connectivity index (χ0n) is 14.5. The highest BCUT2D eigenvalue weighted by Crippen LogP contribution is 2.20. The van der Waals surface area contributed by atoms with E-state index in [4.69, 9.17) is 11.6 Å². The lowest BCUT2D eigenvalue weighted by Gasteiger charge is -2.23. The summed E-state index contributed by atoms with van der Waals surface area (Å²) >= 11 is 6.03. The van der Waals surface area contributed by atoms with Crippen molar-refractivity contribution in [3.05, 3.63) is 59.1 Å². The molecular weight excluding hydrogens is 338 g/mol. The lowest BCUT2D eigenvalue weighted by molar-refractivity contribution is -0.122. The van der Waals surface area contributed by atoms with E-state index in [1.165, 1.54) is 0 Å². The maximum atomic E-state index is 12.4. The predicted molar refractivity (Wildman–Crippen MR) is 102 cm³/mol. The Labute approximate surface area is 153 Å². The highest BCUT2D eigenvalue weighted by molar-refractivity contribution is 6.33. The van der Waals surface area contributed by atoms with Crippen LogP contribution in [0.1, 0.15) is 12.5 Å². The Morgan fingerprint density at radius 3 is 2.52 bits per heavy atom. The quantitative estimate of drug-likeness (QED) is 0.829. The first-order chi connectivity index (χ1) is 11.9. The fraction of sp³-hybridized carbons (Fsp3) is 0.263. The van der Waals surface area contributed by atoms with Gasteiger partial charge in [0.2, 0.25) is 11.8 Å². The van der Waals surface area contributed by atoms with E-state index in [1.807, 2.05) is 31.2 Å². The van der Waals surface area contributed by atoms with E-state index in [2.05, 4.69) is 10.6 Å². The van der Waals surface area contributed by atoms with Crippen LogP contribution in [0.25, 0.3) is 0 Å². The third kappa shape index (κ3) is 5.59. The van der Waals surface area contributed by atoms with E-state index in [9.17, 15) is 9.59 Å². The van der Waals surface area contributed by atoms with Gasteiger partial charge in [-0.1, -0.05) is 35.9 Å². The van der Waals surface area contributed by atoms with Gasteiger partial charge in [0.15, 0.2) is 0 Å². The minimum absolute atomic E-state index is 0.0770. The maximum absolute atomic E-state index is 12.4. The lowest BCUT2D eigenvalue weighted by Crippen LogP contribution is -2.43. The Balaban J connectivity index is 1.90. The van der Waals surface area contributed by atoms with Crippen molar-refractivity contribution in [1.82, 2.24) is 4.90 Å². The monoisotopic (exact) mass is 359 g/mol. The van der Waals surface area contributed by atoms with Crippen LogP contribution in [0.3, 0.4) is 0 Å². The summed E-state index contributed by atoms with van der Waals surface area (Å²) in [6.45, 7) is 3.80. The number of halogens is 1. The molecule has 0 fully saturated rings. The van der Waals surface area contributed by atoms with Crippen molar-refractivity contribution in [3.8, 4) is 0 Å². The highest BCUT2D eigenvalue weighted by atomic mass is 35.5. The van der Waals surface area contributed by atoms with E-state index in [-0.39, 0.29) is 18.4 Å². The highest BCUT2D eigenvalue weighted by Gasteiger charge is 2.20. The second kappa shape index (κ2) is 8.65. The zero-order chi connectivity index (χ0) is 18.4. The molecule has 0 saturated heterocycles. The number of carbonyl (C=O) groups is 2. The van der Waals surface area contributed by atoms with E-state index >= 15 is 0 Å². The number of para-hydroxylation sites is 1. The van der Waals surface area contributed by atoms with Gasteiger partial charge in [-0.25, -0.2) is 0 Å². The Morgan fingerprint density at radius 1 is 1.12 bits per heavy atom. The molecule has 0 aliphatic carbocycles. The van der Waals surface area contributed by atoms with Crippen molar-refractivity contribution < 1.29 is 9.59 Å². The molecule has 2 aromatic rings. The van der Waals surface area contributed by atoms with Gasteiger partial charge in [0.05, 0.1) is 23.3 Å². The molecule has 0 aliphatic rings. The fourth-order valence-corrected chi connectivity index (χ4v) is 2.47. The second-order valence-corrected chi connectivity index (χ2v) is 6.39. The number of nitrogens with zero attached hydrogens (tertiary/aromatic N) is 1. The summed E-state index contributed by atoms with van der Waals surface area (Å²) in [7, 11) is 1.73. The predicted octanol–water partition coefficient (Wildman–Crippen LogP) is 3.55. The van der Waals surface area contributed by atoms with Crippen molar-refractivity contribution in [2.75, 3.05) is 24.2 Å². The van der Waals surface area contributed by atoms with Crippen molar-refractivity contribution in [2.45, 2.75) is 19.9 Å². The Bertz CT molecular complexity index is 764. The Kier molecular flexibility index (Phi) is 6.56. The van der Waals surface area contributed by atoms with E-state index < -0.39 is 6.04 Å². The molecule has 0 radical (unpaired) electrons. The van der Waals surface area contributed by atoms with Gasteiger partial charge in [-0.15, -0.1) is 0 Å². The van der Waals surface area contributed by atoms with Gasteiger partial charge in [-0.3, -0.25) is 14.5 Å². The molecular formula is C19H22ClN3O2. The van der Waals surface area contributed by atoms with Crippen LogP contribution in [-0.4, -0.2) is 36.3 Å². The summed E-state index contributed by atoms with van der Waals surface area (Å²) in [6.07, 6.45) is 0. The number of amides is 2. The number of aryl methyl sites for hydroxylation is 1. The average Bonchev–Trinajstić information content (AvgIpc) is 2.56. The van der Waals surface area contributed by atoms with Crippen LogP contribution in [0.4, 0.5) is 11.4 Å². The molecule has 6 heteroatoms. The van der Waals surface area contributed by atoms with Gasteiger partial charge in [0.25, 0.3) is 0 Å². The van der Waals surface area contributed by atoms with Crippen LogP contribution in [0.15, 0.2) is 48.5 Å². The molecule has 132 valence electrons. The van der Waals surface area contributed by atoms with Crippen LogP contribution in [-0.2, 0) is 9.59 Å². The Hall–Kier alpha value is -2.37. The average molecular weight is 360 g/mol. The second-order valence-electron chi connectivity index (χ2n) is 5.98. The van der Waals surface area contributed by atoms with Crippen LogP contribution in [0.2, 0.25) is 5.02 Å². The van der Waals surface area contributed by atoms with Gasteiger partial charge in [-0.2, -0.15) is 0 Å². The largest absolute Gasteiger partial charge is 0.325 e. The number of hydrogen-bond acceptors (Lipinski definition) is 3. The summed E-state index contributed by atoms with van der Waals surface area (Å²) < 4.78 is 0. The summed E-state index contributed by atoms with van der Waals surface area (Å²) in [5.74, 6) is -0.399. The lowest BCUT2D eigenvalue weighted by atomic mass is 10.2. The molecule has 0 aliphatic heterocycles. The maximum Gasteiger partial charge on any atom is 0.241 e. The first kappa shape index (κ1) is 19.0. The third-order valence-electron chi connectivity index (χ3n) is 3.87. The van der Waals surface area contributed by atoms with Gasteiger partial charge in [0, 0.05) is 5.69 Å². The molecule has 1 atom stereocenters. The van der Waals surface area contributed by atoms with Crippen LogP contribution < -0.4 is 10.6 Å². The minimum atomic E-state index is -0.461. The van der Waals surface area contributed by atoms with Gasteiger partial charge < -0.3 is 10.6 Å². The van der Waals surface area contributed by atoms with Crippen molar-refractivity contribution >= 4 is 34.8 Å². The standard InChI is InChI=1S/C19H22ClN3O2/c1-13-7-6-8-15(11-13)21-19(25)14(2)23(3)12-18(24)22-17-10-5-4-9-16(17)20/h4-11,14H,12H2,1-3H3,(H,21,25)(H,22,24). The van der Waals surface area contributed by atoms with Crippen molar-refractivity contribution in [1.29, 1.82) is 0 Å². The fourth-order valence-electron chi connectivity index (χ4n) is 2.29. The molecule has 0 saturated carbocycles. The minimum Gasteiger partial charge on any atom is -0.325 e. The van der Waals surface area contributed by atoms with Gasteiger partial charge in [0.1, 0.15) is 0 Å². The first-order valence-electron chi connectivity index (χ1n) is 7.99. The van der Waals surface area contributed by atoms with Crippen LogP contribution in [0, 0.1) is 6.92 Å². The molecule has 5 nitrogen and oxygen atoms in total. The summed E-state index contributed by atoms with van der Waals surface area (Å²) in [4.78, 5) is 26.2. The smallest absolute Gasteiger partial charge is 0.241 e. The van der Waals surface area contributed by atoms with Crippen LogP contribution >= 0.6 is 11.6 Å². The topological polar surface area (TPSA) is 61.4 Å². The number of anilines is 2.